The van der Waals surface area contributed by atoms with Crippen LogP contribution in [0.2, 0.25) is 10.0 Å². The molecule has 0 atom stereocenters. The number of carbonyl (C=O) groups excluding carboxylic acids is 2. The number of ketones is 1. The Hall–Kier alpha value is -2.66. The number of pyridine rings is 1. The zero-order valence-corrected chi connectivity index (χ0v) is 23.2. The molecule has 1 aliphatic carbocycles. The van der Waals surface area contributed by atoms with Crippen molar-refractivity contribution in [2.75, 3.05) is 13.1 Å². The van der Waals surface area contributed by atoms with Crippen molar-refractivity contribution >= 4 is 40.9 Å². The molecular weight excluding hydrogens is 560 g/mol. The van der Waals surface area contributed by atoms with Gasteiger partial charge in [-0.25, -0.2) is 0 Å². The van der Waals surface area contributed by atoms with Crippen LogP contribution in [0, 0.1) is 5.41 Å². The van der Waals surface area contributed by atoms with E-state index in [0.29, 0.717) is 6.42 Å². The Morgan fingerprint density at radius 1 is 1.10 bits per heavy atom. The van der Waals surface area contributed by atoms with E-state index in [1.807, 2.05) is 6.92 Å². The summed E-state index contributed by atoms with van der Waals surface area (Å²) in [5.41, 5.74) is -2.95. The molecule has 0 saturated heterocycles. The number of aromatic nitrogens is 3. The highest BCUT2D eigenvalue weighted by Crippen LogP contribution is 2.43. The fraction of sp³-hybridized carbons (Fsp3) is 0.577. The number of carboxylic acid groups (broad SMARTS) is 1. The summed E-state index contributed by atoms with van der Waals surface area (Å²) in [7, 11) is 0. The normalized spacial score (nSPS) is 19.6. The van der Waals surface area contributed by atoms with Gasteiger partial charge < -0.3 is 10.0 Å². The molecule has 0 aliphatic heterocycles. The second-order valence-corrected chi connectivity index (χ2v) is 10.9. The van der Waals surface area contributed by atoms with E-state index in [9.17, 15) is 32.7 Å². The highest BCUT2D eigenvalue weighted by Gasteiger charge is 2.45. The van der Waals surface area contributed by atoms with Crippen molar-refractivity contribution in [3.63, 3.8) is 0 Å². The largest absolute Gasteiger partial charge is 0.481 e. The minimum Gasteiger partial charge on any atom is -0.481 e. The van der Waals surface area contributed by atoms with Crippen LogP contribution < -0.4 is 0 Å². The Morgan fingerprint density at radius 2 is 1.72 bits per heavy atom. The third kappa shape index (κ3) is 7.11. The smallest absolute Gasteiger partial charge is 0.433 e. The van der Waals surface area contributed by atoms with Gasteiger partial charge in [0.2, 0.25) is 0 Å². The molecule has 2 aromatic heterocycles. The first-order valence-electron chi connectivity index (χ1n) is 12.8. The highest BCUT2D eigenvalue weighted by molar-refractivity contribution is 6.39. The molecule has 1 amide bonds. The first-order chi connectivity index (χ1) is 18.3. The number of aliphatic carboxylic acids is 1. The summed E-state index contributed by atoms with van der Waals surface area (Å²) in [6.45, 7) is 3.09. The maximum atomic E-state index is 14.4. The van der Waals surface area contributed by atoms with Crippen molar-refractivity contribution in [1.29, 1.82) is 0 Å². The van der Waals surface area contributed by atoms with E-state index in [0.717, 1.165) is 35.0 Å². The van der Waals surface area contributed by atoms with Crippen LogP contribution in [-0.4, -0.2) is 55.5 Å². The maximum absolute atomic E-state index is 14.4. The lowest BCUT2D eigenvalue weighted by Crippen LogP contribution is -2.38. The monoisotopic (exact) mass is 590 g/mol. The molecule has 0 unspecified atom stereocenters. The van der Waals surface area contributed by atoms with E-state index in [2.05, 4.69) is 10.1 Å². The van der Waals surface area contributed by atoms with Crippen LogP contribution in [0.25, 0.3) is 0 Å². The van der Waals surface area contributed by atoms with E-state index in [1.54, 1.807) is 6.92 Å². The number of unbranched alkanes of at least 4 members (excludes halogenated alkanes) is 3. The Kier molecular flexibility index (Phi) is 10.0. The Bertz CT molecular complexity index is 1190. The third-order valence-corrected chi connectivity index (χ3v) is 7.82. The lowest BCUT2D eigenvalue weighted by atomic mass is 9.74. The van der Waals surface area contributed by atoms with E-state index in [1.165, 1.54) is 12.4 Å². The molecule has 8 nitrogen and oxygen atoms in total. The van der Waals surface area contributed by atoms with Gasteiger partial charge in [-0.05, 0) is 39.0 Å². The SMILES string of the molecule is CCCCCCN(CC(=O)c1c(Cl)cncc1Cl)C(=O)c1cnn(C2CCC(C)(C(=O)O)CC2)c1C(F)(F)F. The Balaban J connectivity index is 1.93. The maximum Gasteiger partial charge on any atom is 0.433 e. The van der Waals surface area contributed by atoms with Crippen molar-refractivity contribution in [3.8, 4) is 0 Å². The quantitative estimate of drug-likeness (QED) is 0.230. The summed E-state index contributed by atoms with van der Waals surface area (Å²) in [5, 5.41) is 13.4. The molecular formula is C26H31Cl2F3N4O4. The second kappa shape index (κ2) is 12.7. The van der Waals surface area contributed by atoms with Crippen molar-refractivity contribution < 1.29 is 32.7 Å². The summed E-state index contributed by atoms with van der Waals surface area (Å²) in [6, 6.07) is -0.718. The molecule has 214 valence electrons. The molecule has 1 saturated carbocycles. The Labute approximate surface area is 234 Å². The highest BCUT2D eigenvalue weighted by atomic mass is 35.5. The molecule has 2 heterocycles. The zero-order chi connectivity index (χ0) is 29.0. The average molecular weight is 591 g/mol. The number of Topliss-reactive ketones (excluding diaryl/α,β-unsaturated/α-hetero) is 1. The number of halogens is 5. The van der Waals surface area contributed by atoms with Gasteiger partial charge in [-0.3, -0.25) is 24.0 Å². The van der Waals surface area contributed by atoms with E-state index in [-0.39, 0.29) is 47.8 Å². The number of rotatable bonds is 11. The van der Waals surface area contributed by atoms with Crippen LogP contribution in [0.3, 0.4) is 0 Å². The van der Waals surface area contributed by atoms with Crippen molar-refractivity contribution in [2.24, 2.45) is 5.41 Å². The molecule has 0 bridgehead atoms. The van der Waals surface area contributed by atoms with Crippen LogP contribution in [0.1, 0.15) is 97.7 Å². The molecule has 3 rings (SSSR count). The molecule has 1 N–H and O–H groups in total. The number of amides is 1. The molecule has 0 spiro atoms. The van der Waals surface area contributed by atoms with Gasteiger partial charge in [-0.2, -0.15) is 18.3 Å². The molecule has 0 radical (unpaired) electrons. The minimum absolute atomic E-state index is 0.0275. The standard InChI is InChI=1S/C26H31Cl2F3N4O4/c1-3-4-5-6-11-34(15-20(36)21-18(27)13-32-14-19(21)28)23(37)17-12-33-35(22(17)26(29,30)31)16-7-9-25(2,10-8-16)24(38)39/h12-14,16H,3-11,15H2,1-2H3,(H,38,39). The van der Waals surface area contributed by atoms with E-state index < -0.39 is 53.1 Å². The molecule has 39 heavy (non-hydrogen) atoms. The number of alkyl halides is 3. The summed E-state index contributed by atoms with van der Waals surface area (Å²) in [5.74, 6) is -2.60. The summed E-state index contributed by atoms with van der Waals surface area (Å²) in [4.78, 5) is 43.1. The second-order valence-electron chi connectivity index (χ2n) is 10.1. The van der Waals surface area contributed by atoms with Gasteiger partial charge in [0, 0.05) is 18.9 Å². The van der Waals surface area contributed by atoms with Crippen molar-refractivity contribution in [1.82, 2.24) is 19.7 Å². The van der Waals surface area contributed by atoms with Gasteiger partial charge in [0.05, 0.1) is 45.4 Å². The fourth-order valence-electron chi connectivity index (χ4n) is 4.86. The lowest BCUT2D eigenvalue weighted by Gasteiger charge is -2.34. The third-order valence-electron chi connectivity index (χ3n) is 7.25. The fourth-order valence-corrected chi connectivity index (χ4v) is 5.43. The molecule has 0 aromatic carbocycles. The number of hydrogen-bond donors (Lipinski definition) is 1. The predicted octanol–water partition coefficient (Wildman–Crippen LogP) is 6.72. The number of carbonyl (C=O) groups is 3. The van der Waals surface area contributed by atoms with Gasteiger partial charge in [0.15, 0.2) is 11.5 Å². The van der Waals surface area contributed by atoms with Crippen LogP contribution >= 0.6 is 23.2 Å². The van der Waals surface area contributed by atoms with Crippen LogP contribution in [0.5, 0.6) is 0 Å². The van der Waals surface area contributed by atoms with Crippen LogP contribution in [0.15, 0.2) is 18.6 Å². The first kappa shape index (κ1) is 30.9. The molecule has 13 heteroatoms. The average Bonchev–Trinajstić information content (AvgIpc) is 3.32. The topological polar surface area (TPSA) is 105 Å². The van der Waals surface area contributed by atoms with Crippen molar-refractivity contribution in [3.05, 3.63) is 45.5 Å². The van der Waals surface area contributed by atoms with Gasteiger partial charge in [-0.15, -0.1) is 0 Å². The summed E-state index contributed by atoms with van der Waals surface area (Å²) < 4.78 is 43.9. The number of nitrogens with zero attached hydrogens (tertiary/aromatic N) is 4. The van der Waals surface area contributed by atoms with E-state index >= 15 is 0 Å². The Morgan fingerprint density at radius 3 is 2.26 bits per heavy atom. The van der Waals surface area contributed by atoms with Crippen LogP contribution in [-0.2, 0) is 11.0 Å². The number of carboxylic acids is 1. The van der Waals surface area contributed by atoms with Crippen molar-refractivity contribution in [2.45, 2.75) is 77.4 Å². The van der Waals surface area contributed by atoms with Crippen LogP contribution in [0.4, 0.5) is 13.2 Å². The zero-order valence-electron chi connectivity index (χ0n) is 21.7. The van der Waals surface area contributed by atoms with Gasteiger partial charge in [-0.1, -0.05) is 49.4 Å². The van der Waals surface area contributed by atoms with E-state index in [4.69, 9.17) is 23.2 Å². The first-order valence-corrected chi connectivity index (χ1v) is 13.5. The van der Waals surface area contributed by atoms with Gasteiger partial charge in [0.1, 0.15) is 0 Å². The number of hydrogen-bond acceptors (Lipinski definition) is 5. The molecule has 1 aliphatic rings. The molecule has 1 fully saturated rings. The van der Waals surface area contributed by atoms with Gasteiger partial charge >= 0.3 is 12.1 Å². The minimum atomic E-state index is -4.91. The molecule has 2 aromatic rings. The summed E-state index contributed by atoms with van der Waals surface area (Å²) >= 11 is 12.2. The predicted molar refractivity (Wildman–Crippen MR) is 139 cm³/mol. The lowest BCUT2D eigenvalue weighted by molar-refractivity contribution is -0.152. The van der Waals surface area contributed by atoms with Gasteiger partial charge in [0.25, 0.3) is 5.91 Å². The summed E-state index contributed by atoms with van der Waals surface area (Å²) in [6.07, 6.45) is 2.08.